The lowest BCUT2D eigenvalue weighted by Gasteiger charge is -2.18. The molecule has 1 rings (SSSR count). The Hall–Kier alpha value is -2.22. The molecule has 108 valence electrons. The molecular weight excluding hydrogens is 290 g/mol. The number of benzene rings is 1. The first kappa shape index (κ1) is 15.8. The van der Waals surface area contributed by atoms with Gasteiger partial charge in [0.2, 0.25) is 0 Å². The molecule has 0 spiro atoms. The molecule has 20 heavy (non-hydrogen) atoms. The van der Waals surface area contributed by atoms with E-state index in [1.165, 1.54) is 4.90 Å². The van der Waals surface area contributed by atoms with E-state index < -0.39 is 32.2 Å². The lowest BCUT2D eigenvalue weighted by molar-refractivity contribution is -0.393. The third kappa shape index (κ3) is 3.02. The Morgan fingerprint density at radius 3 is 1.85 bits per heavy atom. The molecule has 0 saturated heterocycles. The van der Waals surface area contributed by atoms with Gasteiger partial charge >= 0.3 is 0 Å². The van der Waals surface area contributed by atoms with E-state index in [0.717, 1.165) is 12.1 Å². The van der Waals surface area contributed by atoms with Crippen molar-refractivity contribution < 1.29 is 14.6 Å². The largest absolute Gasteiger partial charge is 0.339 e. The van der Waals surface area contributed by atoms with Crippen molar-refractivity contribution in [1.29, 1.82) is 0 Å². The number of hydrogen-bond acceptors (Lipinski definition) is 5. The van der Waals surface area contributed by atoms with Crippen LogP contribution in [0, 0.1) is 20.2 Å². The highest BCUT2D eigenvalue weighted by Gasteiger charge is 2.28. The van der Waals surface area contributed by atoms with Crippen LogP contribution in [0.4, 0.5) is 11.4 Å². The molecule has 9 heteroatoms. The molecule has 0 radical (unpaired) electrons. The van der Waals surface area contributed by atoms with Crippen molar-refractivity contribution >= 4 is 28.9 Å². The van der Waals surface area contributed by atoms with Gasteiger partial charge in [0.1, 0.15) is 0 Å². The Morgan fingerprint density at radius 1 is 1.15 bits per heavy atom. The van der Waals surface area contributed by atoms with Gasteiger partial charge in [0.15, 0.2) is 5.02 Å². The average Bonchev–Trinajstić information content (AvgIpc) is 2.39. The summed E-state index contributed by atoms with van der Waals surface area (Å²) in [5.41, 5.74) is -1.44. The summed E-state index contributed by atoms with van der Waals surface area (Å²) in [5.74, 6) is -0.516. The summed E-state index contributed by atoms with van der Waals surface area (Å²) in [6.45, 7) is 4.25. The van der Waals surface area contributed by atoms with E-state index in [0.29, 0.717) is 13.1 Å². The van der Waals surface area contributed by atoms with Crippen LogP contribution in [0.5, 0.6) is 0 Å². The number of nitro groups is 2. The van der Waals surface area contributed by atoms with Gasteiger partial charge < -0.3 is 4.90 Å². The smallest absolute Gasteiger partial charge is 0.295 e. The second kappa shape index (κ2) is 6.29. The Morgan fingerprint density at radius 2 is 1.55 bits per heavy atom. The molecule has 0 heterocycles. The zero-order chi connectivity index (χ0) is 15.4. The van der Waals surface area contributed by atoms with E-state index in [1.807, 2.05) is 0 Å². The molecule has 0 bridgehead atoms. The van der Waals surface area contributed by atoms with Crippen LogP contribution >= 0.6 is 11.6 Å². The number of amides is 1. The Kier molecular flexibility index (Phi) is 4.98. The van der Waals surface area contributed by atoms with Crippen molar-refractivity contribution in [2.75, 3.05) is 13.1 Å². The fraction of sp³-hybridized carbons (Fsp3) is 0.364. The Labute approximate surface area is 119 Å². The molecule has 8 nitrogen and oxygen atoms in total. The highest BCUT2D eigenvalue weighted by atomic mass is 35.5. The van der Waals surface area contributed by atoms with Gasteiger partial charge in [-0.1, -0.05) is 11.6 Å². The molecule has 0 aromatic heterocycles. The quantitative estimate of drug-likeness (QED) is 0.613. The van der Waals surface area contributed by atoms with E-state index in [1.54, 1.807) is 13.8 Å². The molecule has 0 fully saturated rings. The third-order valence-corrected chi connectivity index (χ3v) is 3.11. The van der Waals surface area contributed by atoms with Gasteiger partial charge in [-0.25, -0.2) is 0 Å². The summed E-state index contributed by atoms with van der Waals surface area (Å²) in [7, 11) is 0. The first-order chi connectivity index (χ1) is 9.33. The lowest BCUT2D eigenvalue weighted by Crippen LogP contribution is -2.30. The van der Waals surface area contributed by atoms with Crippen molar-refractivity contribution in [3.05, 3.63) is 42.9 Å². The maximum absolute atomic E-state index is 12.1. The van der Waals surface area contributed by atoms with Gasteiger partial charge in [-0.3, -0.25) is 25.0 Å². The number of carbonyl (C=O) groups is 1. The number of nitrogens with zero attached hydrogens (tertiary/aromatic N) is 3. The molecule has 1 aromatic carbocycles. The van der Waals surface area contributed by atoms with Gasteiger partial charge in [-0.05, 0) is 13.8 Å². The van der Waals surface area contributed by atoms with E-state index in [-0.39, 0.29) is 5.56 Å². The molecule has 0 saturated carbocycles. The van der Waals surface area contributed by atoms with Gasteiger partial charge in [0.05, 0.1) is 15.4 Å². The minimum absolute atomic E-state index is 0.128. The SMILES string of the molecule is CCN(CC)C(=O)c1cc([N+](=O)[O-])c(Cl)c([N+](=O)[O-])c1. The minimum Gasteiger partial charge on any atom is -0.339 e. The van der Waals surface area contributed by atoms with Crippen LogP contribution in [0.3, 0.4) is 0 Å². The number of halogens is 1. The topological polar surface area (TPSA) is 107 Å². The summed E-state index contributed by atoms with van der Waals surface area (Å²) < 4.78 is 0. The highest BCUT2D eigenvalue weighted by molar-refractivity contribution is 6.35. The van der Waals surface area contributed by atoms with Crippen LogP contribution in [-0.4, -0.2) is 33.7 Å². The number of rotatable bonds is 5. The maximum Gasteiger partial charge on any atom is 0.295 e. The van der Waals surface area contributed by atoms with Crippen molar-refractivity contribution in [1.82, 2.24) is 4.90 Å². The summed E-state index contributed by atoms with van der Waals surface area (Å²) in [6, 6.07) is 1.91. The summed E-state index contributed by atoms with van der Waals surface area (Å²) in [6.07, 6.45) is 0. The van der Waals surface area contributed by atoms with Crippen LogP contribution in [0.25, 0.3) is 0 Å². The molecule has 1 amide bonds. The van der Waals surface area contributed by atoms with Gasteiger partial charge in [-0.15, -0.1) is 0 Å². The zero-order valence-corrected chi connectivity index (χ0v) is 11.6. The van der Waals surface area contributed by atoms with E-state index >= 15 is 0 Å². The van der Waals surface area contributed by atoms with Crippen molar-refractivity contribution in [2.24, 2.45) is 0 Å². The van der Waals surface area contributed by atoms with Crippen molar-refractivity contribution in [2.45, 2.75) is 13.8 Å². The van der Waals surface area contributed by atoms with Crippen LogP contribution in [0.2, 0.25) is 5.02 Å². The normalized spacial score (nSPS) is 10.2. The monoisotopic (exact) mass is 301 g/mol. The Balaban J connectivity index is 3.45. The lowest BCUT2D eigenvalue weighted by atomic mass is 10.1. The molecule has 0 aliphatic rings. The first-order valence-electron chi connectivity index (χ1n) is 5.75. The molecule has 0 N–H and O–H groups in total. The highest BCUT2D eigenvalue weighted by Crippen LogP contribution is 2.35. The summed E-state index contributed by atoms with van der Waals surface area (Å²) in [5, 5.41) is 21.1. The number of carbonyl (C=O) groups excluding carboxylic acids is 1. The average molecular weight is 302 g/mol. The fourth-order valence-corrected chi connectivity index (χ4v) is 1.92. The Bertz CT molecular complexity index is 536. The van der Waals surface area contributed by atoms with Gasteiger partial charge in [0, 0.05) is 25.2 Å². The van der Waals surface area contributed by atoms with Crippen molar-refractivity contribution in [3.8, 4) is 0 Å². The predicted octanol–water partition coefficient (Wildman–Crippen LogP) is 2.64. The maximum atomic E-state index is 12.1. The van der Waals surface area contributed by atoms with E-state index in [4.69, 9.17) is 11.6 Å². The minimum atomic E-state index is -0.853. The van der Waals surface area contributed by atoms with Crippen LogP contribution < -0.4 is 0 Å². The molecule has 1 aromatic rings. The zero-order valence-electron chi connectivity index (χ0n) is 10.8. The summed E-state index contributed by atoms with van der Waals surface area (Å²) >= 11 is 5.61. The van der Waals surface area contributed by atoms with Crippen LogP contribution in [-0.2, 0) is 0 Å². The molecule has 0 unspecified atom stereocenters. The second-order valence-electron chi connectivity index (χ2n) is 3.82. The third-order valence-electron chi connectivity index (χ3n) is 2.73. The second-order valence-corrected chi connectivity index (χ2v) is 4.20. The number of nitro benzene ring substituents is 2. The summed E-state index contributed by atoms with van der Waals surface area (Å²) in [4.78, 5) is 33.5. The molecule has 0 atom stereocenters. The van der Waals surface area contributed by atoms with Crippen LogP contribution in [0.1, 0.15) is 24.2 Å². The molecule has 0 aliphatic carbocycles. The van der Waals surface area contributed by atoms with E-state index in [2.05, 4.69) is 0 Å². The van der Waals surface area contributed by atoms with Crippen LogP contribution in [0.15, 0.2) is 12.1 Å². The molecule has 0 aliphatic heterocycles. The van der Waals surface area contributed by atoms with Crippen molar-refractivity contribution in [3.63, 3.8) is 0 Å². The molecular formula is C11H12ClN3O5. The van der Waals surface area contributed by atoms with Gasteiger partial charge in [-0.2, -0.15) is 0 Å². The first-order valence-corrected chi connectivity index (χ1v) is 6.12. The standard InChI is InChI=1S/C11H12ClN3O5/c1-3-13(4-2)11(16)7-5-8(14(17)18)10(12)9(6-7)15(19)20/h5-6H,3-4H2,1-2H3. The van der Waals surface area contributed by atoms with Gasteiger partial charge in [0.25, 0.3) is 17.3 Å². The number of hydrogen-bond donors (Lipinski definition) is 0. The predicted molar refractivity (Wildman–Crippen MR) is 72.0 cm³/mol. The van der Waals surface area contributed by atoms with E-state index in [9.17, 15) is 25.0 Å². The fourth-order valence-electron chi connectivity index (χ4n) is 1.68.